The van der Waals surface area contributed by atoms with Gasteiger partial charge in [0.25, 0.3) is 0 Å². The van der Waals surface area contributed by atoms with E-state index in [4.69, 9.17) is 17.3 Å². The summed E-state index contributed by atoms with van der Waals surface area (Å²) in [6.45, 7) is 2.64. The van der Waals surface area contributed by atoms with Crippen molar-refractivity contribution in [2.75, 3.05) is 6.54 Å². The molecule has 0 aliphatic rings. The number of aryl methyl sites for hydroxylation is 1. The number of para-hydroxylation sites is 1. The van der Waals surface area contributed by atoms with Gasteiger partial charge in [-0.15, -0.1) is 0 Å². The molecule has 0 fully saturated rings. The van der Waals surface area contributed by atoms with E-state index in [1.165, 1.54) is 5.56 Å². The molecule has 4 aromatic rings. The third kappa shape index (κ3) is 4.48. The first-order valence-electron chi connectivity index (χ1n) is 10.5. The second-order valence-corrected chi connectivity index (χ2v) is 8.06. The minimum Gasteiger partial charge on any atom is -0.330 e. The Labute approximate surface area is 188 Å². The predicted molar refractivity (Wildman–Crippen MR) is 129 cm³/mol. The van der Waals surface area contributed by atoms with Gasteiger partial charge in [0.1, 0.15) is 0 Å². The number of nitrogens with zero attached hydrogens (tertiary/aromatic N) is 1. The van der Waals surface area contributed by atoms with E-state index in [0.29, 0.717) is 24.4 Å². The zero-order valence-corrected chi connectivity index (χ0v) is 18.3. The van der Waals surface area contributed by atoms with Crippen molar-refractivity contribution < 1.29 is 4.79 Å². The van der Waals surface area contributed by atoms with Crippen molar-refractivity contribution in [2.24, 2.45) is 5.73 Å². The number of Topliss-reactive ketones (excluding diaryl/α,β-unsaturated/α-hetero) is 1. The topological polar surface area (TPSA) is 48.0 Å². The first-order chi connectivity index (χ1) is 15.1. The number of halogens is 1. The van der Waals surface area contributed by atoms with Gasteiger partial charge in [0.15, 0.2) is 5.78 Å². The number of hydrogen-bond acceptors (Lipinski definition) is 2. The maximum Gasteiger partial charge on any atom is 0.162 e. The van der Waals surface area contributed by atoms with Crippen molar-refractivity contribution in [3.63, 3.8) is 0 Å². The smallest absolute Gasteiger partial charge is 0.162 e. The van der Waals surface area contributed by atoms with Crippen LogP contribution in [0.4, 0.5) is 0 Å². The van der Waals surface area contributed by atoms with E-state index in [1.807, 2.05) is 54.6 Å². The molecule has 0 aliphatic heterocycles. The molecule has 31 heavy (non-hydrogen) atoms. The fourth-order valence-electron chi connectivity index (χ4n) is 3.82. The van der Waals surface area contributed by atoms with Crippen molar-refractivity contribution in [3.8, 4) is 28.2 Å². The van der Waals surface area contributed by atoms with Crippen LogP contribution in [0.25, 0.3) is 28.2 Å². The molecule has 3 aromatic carbocycles. The molecular weight excluding hydrogens is 404 g/mol. The Morgan fingerprint density at radius 3 is 2.00 bits per heavy atom. The molecule has 0 spiro atoms. The lowest BCUT2D eigenvalue weighted by atomic mass is 10.0. The molecular formula is C27H25ClN2O. The molecule has 0 saturated heterocycles. The number of nitrogens with two attached hydrogens (primary N) is 1. The average molecular weight is 429 g/mol. The Hall–Kier alpha value is -3.14. The van der Waals surface area contributed by atoms with Crippen LogP contribution in [0.3, 0.4) is 0 Å². The van der Waals surface area contributed by atoms with E-state index in [2.05, 4.69) is 41.8 Å². The lowest BCUT2D eigenvalue weighted by Crippen LogP contribution is -2.05. The summed E-state index contributed by atoms with van der Waals surface area (Å²) in [5.41, 5.74) is 12.9. The zero-order valence-electron chi connectivity index (χ0n) is 17.5. The fraction of sp³-hybridized carbons (Fsp3) is 0.148. The van der Waals surface area contributed by atoms with Crippen molar-refractivity contribution in [3.05, 3.63) is 101 Å². The van der Waals surface area contributed by atoms with Gasteiger partial charge in [-0.05, 0) is 66.9 Å². The fourth-order valence-corrected chi connectivity index (χ4v) is 3.94. The lowest BCUT2D eigenvalue weighted by Gasteiger charge is -2.17. The molecule has 0 radical (unpaired) electrons. The molecule has 156 valence electrons. The number of ketones is 1. The molecule has 1 aromatic heterocycles. The lowest BCUT2D eigenvalue weighted by molar-refractivity contribution is 0.0981. The normalized spacial score (nSPS) is 10.9. The van der Waals surface area contributed by atoms with Crippen LogP contribution in [0.1, 0.15) is 28.8 Å². The Morgan fingerprint density at radius 1 is 0.839 bits per heavy atom. The van der Waals surface area contributed by atoms with Gasteiger partial charge in [0.05, 0.1) is 11.4 Å². The molecule has 0 bridgehead atoms. The van der Waals surface area contributed by atoms with Crippen LogP contribution in [0.2, 0.25) is 5.02 Å². The van der Waals surface area contributed by atoms with Crippen LogP contribution < -0.4 is 5.73 Å². The van der Waals surface area contributed by atoms with Crippen molar-refractivity contribution in [2.45, 2.75) is 19.8 Å². The number of carbonyl (C=O) groups is 1. The highest BCUT2D eigenvalue weighted by Gasteiger charge is 2.15. The van der Waals surface area contributed by atoms with Crippen LogP contribution in [0.15, 0.2) is 84.9 Å². The average Bonchev–Trinajstić information content (AvgIpc) is 3.23. The second-order valence-electron chi connectivity index (χ2n) is 7.63. The number of hydrogen-bond donors (Lipinski definition) is 1. The molecule has 0 unspecified atom stereocenters. The molecule has 2 N–H and O–H groups in total. The summed E-state index contributed by atoms with van der Waals surface area (Å²) >= 11 is 6.11. The highest BCUT2D eigenvalue weighted by Crippen LogP contribution is 2.34. The van der Waals surface area contributed by atoms with Gasteiger partial charge in [-0.25, -0.2) is 0 Å². The van der Waals surface area contributed by atoms with Crippen molar-refractivity contribution >= 4 is 17.4 Å². The van der Waals surface area contributed by atoms with E-state index >= 15 is 0 Å². The highest BCUT2D eigenvalue weighted by atomic mass is 35.5. The van der Waals surface area contributed by atoms with Gasteiger partial charge in [0, 0.05) is 22.7 Å². The Balaban J connectivity index is 1.81. The van der Waals surface area contributed by atoms with Gasteiger partial charge in [-0.3, -0.25) is 4.79 Å². The number of aromatic nitrogens is 1. The minimum absolute atomic E-state index is 0.133. The van der Waals surface area contributed by atoms with Gasteiger partial charge in [-0.2, -0.15) is 0 Å². The molecule has 3 nitrogen and oxygen atoms in total. The monoisotopic (exact) mass is 428 g/mol. The van der Waals surface area contributed by atoms with E-state index in [-0.39, 0.29) is 5.78 Å². The minimum atomic E-state index is 0.133. The molecule has 0 aliphatic carbocycles. The van der Waals surface area contributed by atoms with Crippen LogP contribution in [-0.2, 0) is 0 Å². The number of carbonyl (C=O) groups excluding carboxylic acids is 1. The summed E-state index contributed by atoms with van der Waals surface area (Å²) in [4.78, 5) is 12.3. The number of rotatable bonds is 7. The molecule has 4 rings (SSSR count). The largest absolute Gasteiger partial charge is 0.330 e. The summed E-state index contributed by atoms with van der Waals surface area (Å²) in [6.07, 6.45) is 1.19. The zero-order chi connectivity index (χ0) is 21.8. The maximum atomic E-state index is 12.3. The van der Waals surface area contributed by atoms with Crippen LogP contribution >= 0.6 is 11.6 Å². The Kier molecular flexibility index (Phi) is 6.36. The number of benzene rings is 3. The highest BCUT2D eigenvalue weighted by molar-refractivity contribution is 6.30. The van der Waals surface area contributed by atoms with Gasteiger partial charge in [-0.1, -0.05) is 66.2 Å². The third-order valence-electron chi connectivity index (χ3n) is 5.49. The van der Waals surface area contributed by atoms with Gasteiger partial charge >= 0.3 is 0 Å². The summed E-state index contributed by atoms with van der Waals surface area (Å²) < 4.78 is 2.27. The van der Waals surface area contributed by atoms with Gasteiger partial charge < -0.3 is 10.3 Å². The SMILES string of the molecule is Cc1ccccc1-n1c(-c2ccc(Cl)cc2)ccc1-c1ccc(C(=O)CCCN)cc1. The van der Waals surface area contributed by atoms with Crippen molar-refractivity contribution in [1.29, 1.82) is 0 Å². The quantitative estimate of drug-likeness (QED) is 0.333. The van der Waals surface area contributed by atoms with E-state index in [0.717, 1.165) is 33.8 Å². The summed E-state index contributed by atoms with van der Waals surface area (Å²) in [7, 11) is 0. The van der Waals surface area contributed by atoms with E-state index in [1.54, 1.807) is 0 Å². The standard InChI is InChI=1S/C27H25ClN2O/c1-19-5-2-3-6-24(19)30-25(16-17-26(30)21-12-14-23(28)15-13-21)20-8-10-22(11-9-20)27(31)7-4-18-29/h2-3,5-6,8-17H,4,7,18,29H2,1H3. The third-order valence-corrected chi connectivity index (χ3v) is 5.74. The first-order valence-corrected chi connectivity index (χ1v) is 10.8. The van der Waals surface area contributed by atoms with E-state index in [9.17, 15) is 4.79 Å². The summed E-state index contributed by atoms with van der Waals surface area (Å²) in [6, 6.07) is 28.3. The van der Waals surface area contributed by atoms with Gasteiger partial charge in [0.2, 0.25) is 0 Å². The Bertz CT molecular complexity index is 1190. The van der Waals surface area contributed by atoms with Crippen molar-refractivity contribution in [1.82, 2.24) is 4.57 Å². The van der Waals surface area contributed by atoms with E-state index < -0.39 is 0 Å². The maximum absolute atomic E-state index is 12.3. The van der Waals surface area contributed by atoms with Crippen LogP contribution in [-0.4, -0.2) is 16.9 Å². The summed E-state index contributed by atoms with van der Waals surface area (Å²) in [5, 5.41) is 0.716. The molecule has 1 heterocycles. The first kappa shape index (κ1) is 21.1. The second kappa shape index (κ2) is 9.34. The molecule has 0 atom stereocenters. The van der Waals surface area contributed by atoms with Crippen LogP contribution in [0.5, 0.6) is 0 Å². The molecule has 0 amide bonds. The molecule has 4 heteroatoms. The molecule has 0 saturated carbocycles. The summed E-state index contributed by atoms with van der Waals surface area (Å²) in [5.74, 6) is 0.133. The van der Waals surface area contributed by atoms with Crippen LogP contribution in [0, 0.1) is 6.92 Å². The Morgan fingerprint density at radius 2 is 1.42 bits per heavy atom. The predicted octanol–water partition coefficient (Wildman–Crippen LogP) is 6.69.